The second kappa shape index (κ2) is 5.08. The molecule has 0 aliphatic rings. The van der Waals surface area contributed by atoms with Crippen LogP contribution >= 0.6 is 15.9 Å². The molecule has 0 fully saturated rings. The summed E-state index contributed by atoms with van der Waals surface area (Å²) < 4.78 is 21.1. The highest BCUT2D eigenvalue weighted by Gasteiger charge is 2.33. The van der Waals surface area contributed by atoms with Gasteiger partial charge in [-0.3, -0.25) is 4.79 Å². The van der Waals surface area contributed by atoms with Gasteiger partial charge in [0, 0.05) is 0 Å². The van der Waals surface area contributed by atoms with Crippen molar-refractivity contribution in [1.82, 2.24) is 0 Å². The fourth-order valence-corrected chi connectivity index (χ4v) is 0.867. The molecule has 0 aromatic rings. The summed E-state index contributed by atoms with van der Waals surface area (Å²) in [5.41, 5.74) is 0. The first-order valence-electron chi connectivity index (χ1n) is 2.98. The quantitative estimate of drug-likeness (QED) is 0.533. The number of hydrogen-bond acceptors (Lipinski definition) is 4. The molecule has 0 bridgehead atoms. The lowest BCUT2D eigenvalue weighted by atomic mass is 10.3. The molecule has 0 aromatic carbocycles. The molecule has 4 nitrogen and oxygen atoms in total. The van der Waals surface area contributed by atoms with Crippen molar-refractivity contribution in [1.29, 1.82) is 0 Å². The third kappa shape index (κ3) is 2.77. The number of hydrogen-bond donors (Lipinski definition) is 0. The minimum Gasteiger partial charge on any atom is -0.468 e. The summed E-state index contributed by atoms with van der Waals surface area (Å²) in [5.74, 6) is -1.96. The topological polar surface area (TPSA) is 52.6 Å². The Kier molecular flexibility index (Phi) is 4.80. The van der Waals surface area contributed by atoms with E-state index >= 15 is 0 Å². The zero-order valence-corrected chi connectivity index (χ0v) is 8.13. The van der Waals surface area contributed by atoms with E-state index in [9.17, 15) is 14.0 Å². The zero-order valence-electron chi connectivity index (χ0n) is 6.54. The van der Waals surface area contributed by atoms with Crippen LogP contribution in [0.5, 0.6) is 0 Å². The Morgan fingerprint density at radius 1 is 1.25 bits per heavy atom. The van der Waals surface area contributed by atoms with Crippen molar-refractivity contribution in [2.45, 2.75) is 11.0 Å². The number of halogens is 2. The summed E-state index contributed by atoms with van der Waals surface area (Å²) in [7, 11) is 2.13. The Morgan fingerprint density at radius 3 is 2.00 bits per heavy atom. The van der Waals surface area contributed by atoms with Gasteiger partial charge in [0.1, 0.15) is 0 Å². The summed E-state index contributed by atoms with van der Waals surface area (Å²) in [5, 5.41) is 0. The predicted octanol–water partition coefficient (Wildman–Crippen LogP) is 0.434. The van der Waals surface area contributed by atoms with Crippen molar-refractivity contribution >= 4 is 27.9 Å². The maximum atomic E-state index is 12.8. The van der Waals surface area contributed by atoms with Gasteiger partial charge < -0.3 is 9.47 Å². The van der Waals surface area contributed by atoms with Gasteiger partial charge in [0.2, 0.25) is 6.17 Å². The highest BCUT2D eigenvalue weighted by Crippen LogP contribution is 2.12. The maximum Gasteiger partial charge on any atom is 0.342 e. The zero-order chi connectivity index (χ0) is 9.72. The molecule has 0 amide bonds. The summed E-state index contributed by atoms with van der Waals surface area (Å²) in [6.45, 7) is 0. The third-order valence-corrected chi connectivity index (χ3v) is 1.95. The minimum atomic E-state index is -2.04. The van der Waals surface area contributed by atoms with Crippen LogP contribution in [0.25, 0.3) is 0 Å². The van der Waals surface area contributed by atoms with Gasteiger partial charge in [-0.25, -0.2) is 9.18 Å². The lowest BCUT2D eigenvalue weighted by Gasteiger charge is -2.10. The van der Waals surface area contributed by atoms with Crippen molar-refractivity contribution in [3.63, 3.8) is 0 Å². The number of esters is 2. The van der Waals surface area contributed by atoms with Gasteiger partial charge in [-0.2, -0.15) is 0 Å². The molecule has 0 aliphatic heterocycles. The number of methoxy groups -OCH3 is 2. The van der Waals surface area contributed by atoms with E-state index in [1.54, 1.807) is 0 Å². The molecule has 70 valence electrons. The molecule has 2 atom stereocenters. The van der Waals surface area contributed by atoms with Crippen molar-refractivity contribution in [3.8, 4) is 0 Å². The Bertz CT molecular complexity index is 164. The van der Waals surface area contributed by atoms with Gasteiger partial charge in [-0.05, 0) is 0 Å². The van der Waals surface area contributed by atoms with Gasteiger partial charge in [0.15, 0.2) is 4.83 Å². The number of rotatable bonds is 3. The molecule has 12 heavy (non-hydrogen) atoms. The van der Waals surface area contributed by atoms with Gasteiger partial charge in [0.25, 0.3) is 0 Å². The Hall–Kier alpha value is -0.650. The highest BCUT2D eigenvalue weighted by atomic mass is 79.9. The van der Waals surface area contributed by atoms with Crippen molar-refractivity contribution in [2.75, 3.05) is 14.2 Å². The van der Waals surface area contributed by atoms with E-state index in [0.29, 0.717) is 0 Å². The monoisotopic (exact) mass is 242 g/mol. The molecule has 0 heterocycles. The average molecular weight is 243 g/mol. The summed E-state index contributed by atoms with van der Waals surface area (Å²) >= 11 is 2.66. The second-order valence-corrected chi connectivity index (χ2v) is 2.84. The number of carbonyl (C=O) groups is 2. The highest BCUT2D eigenvalue weighted by molar-refractivity contribution is 9.10. The van der Waals surface area contributed by atoms with E-state index < -0.39 is 22.9 Å². The van der Waals surface area contributed by atoms with E-state index in [-0.39, 0.29) is 0 Å². The number of ether oxygens (including phenoxy) is 2. The smallest absolute Gasteiger partial charge is 0.342 e. The summed E-state index contributed by atoms with van der Waals surface area (Å²) in [6.07, 6.45) is -2.04. The van der Waals surface area contributed by atoms with Crippen LogP contribution in [0.1, 0.15) is 0 Å². The third-order valence-electron chi connectivity index (χ3n) is 1.11. The Balaban J connectivity index is 4.18. The molecule has 0 saturated heterocycles. The molecular formula is C6H8BrFO4. The minimum absolute atomic E-state index is 0.854. The van der Waals surface area contributed by atoms with Gasteiger partial charge in [-0.15, -0.1) is 0 Å². The van der Waals surface area contributed by atoms with Gasteiger partial charge in [0.05, 0.1) is 14.2 Å². The molecular weight excluding hydrogens is 235 g/mol. The van der Waals surface area contributed by atoms with Crippen LogP contribution in [0.2, 0.25) is 0 Å². The van der Waals surface area contributed by atoms with Gasteiger partial charge >= 0.3 is 11.9 Å². The molecule has 0 N–H and O–H groups in total. The first-order valence-corrected chi connectivity index (χ1v) is 3.90. The van der Waals surface area contributed by atoms with Crippen molar-refractivity contribution < 1.29 is 23.5 Å². The second-order valence-electron chi connectivity index (χ2n) is 1.85. The maximum absolute atomic E-state index is 12.8. The molecule has 6 heteroatoms. The fourth-order valence-electron chi connectivity index (χ4n) is 0.464. The molecule has 0 spiro atoms. The van der Waals surface area contributed by atoms with Crippen molar-refractivity contribution in [2.24, 2.45) is 0 Å². The summed E-state index contributed by atoms with van der Waals surface area (Å²) in [6, 6.07) is 0. The molecule has 0 rings (SSSR count). The van der Waals surface area contributed by atoms with E-state index in [0.717, 1.165) is 14.2 Å². The largest absolute Gasteiger partial charge is 0.468 e. The fraction of sp³-hybridized carbons (Fsp3) is 0.667. The first-order chi connectivity index (χ1) is 5.54. The average Bonchev–Trinajstić information content (AvgIpc) is 2.12. The Morgan fingerprint density at radius 2 is 1.67 bits per heavy atom. The lowest BCUT2D eigenvalue weighted by Crippen LogP contribution is -2.33. The van der Waals surface area contributed by atoms with Crippen molar-refractivity contribution in [3.05, 3.63) is 0 Å². The van der Waals surface area contributed by atoms with Crippen LogP contribution < -0.4 is 0 Å². The van der Waals surface area contributed by atoms with Crippen LogP contribution in [0.4, 0.5) is 4.39 Å². The molecule has 0 aromatic heterocycles. The number of carbonyl (C=O) groups excluding carboxylic acids is 2. The van der Waals surface area contributed by atoms with Crippen LogP contribution in [-0.2, 0) is 19.1 Å². The molecule has 0 aliphatic carbocycles. The van der Waals surface area contributed by atoms with Crippen LogP contribution in [0.15, 0.2) is 0 Å². The lowest BCUT2D eigenvalue weighted by molar-refractivity contribution is -0.152. The number of alkyl halides is 2. The molecule has 0 radical (unpaired) electrons. The SMILES string of the molecule is COC(=O)[C@@H](F)[C@H](Br)C(=O)OC. The predicted molar refractivity (Wildman–Crippen MR) is 41.6 cm³/mol. The summed E-state index contributed by atoms with van der Waals surface area (Å²) in [4.78, 5) is 19.9. The standard InChI is InChI=1S/C6H8BrFO4/c1-11-5(9)3(7)4(8)6(10)12-2/h3-4H,1-2H3/t3-,4-/m0/s1. The van der Waals surface area contributed by atoms with E-state index in [1.807, 2.05) is 0 Å². The van der Waals surface area contributed by atoms with Crippen LogP contribution in [-0.4, -0.2) is 37.2 Å². The first kappa shape index (κ1) is 11.4. The van der Waals surface area contributed by atoms with E-state index in [4.69, 9.17) is 0 Å². The van der Waals surface area contributed by atoms with Crippen LogP contribution in [0.3, 0.4) is 0 Å². The van der Waals surface area contributed by atoms with E-state index in [2.05, 4.69) is 25.4 Å². The van der Waals surface area contributed by atoms with Crippen LogP contribution in [0, 0.1) is 0 Å². The molecule has 0 unspecified atom stereocenters. The Labute approximate surface area is 77.1 Å². The van der Waals surface area contributed by atoms with Gasteiger partial charge in [-0.1, -0.05) is 15.9 Å². The molecule has 0 saturated carbocycles. The van der Waals surface area contributed by atoms with E-state index in [1.165, 1.54) is 0 Å². The normalized spacial score (nSPS) is 14.7.